The Morgan fingerprint density at radius 1 is 1.44 bits per heavy atom. The van der Waals surface area contributed by atoms with Crippen LogP contribution in [0.4, 0.5) is 0 Å². The van der Waals surface area contributed by atoms with Crippen molar-refractivity contribution in [1.82, 2.24) is 0 Å². The van der Waals surface area contributed by atoms with Crippen molar-refractivity contribution in [1.29, 1.82) is 0 Å². The number of nitrogens with zero attached hydrogens (tertiary/aromatic N) is 1. The number of allylic oxidation sites excluding steroid dienone is 2. The molecule has 1 heterocycles. The van der Waals surface area contributed by atoms with E-state index in [0.717, 1.165) is 38.0 Å². The van der Waals surface area contributed by atoms with E-state index in [9.17, 15) is 9.90 Å². The Morgan fingerprint density at radius 2 is 2.26 bits per heavy atom. The Kier molecular flexibility index (Phi) is 9.35. The number of Topliss-reactive ketones (excluding diaryl/α,β-unsaturated/α-hetero) is 1. The number of hydrogen-bond acceptors (Lipinski definition) is 5. The summed E-state index contributed by atoms with van der Waals surface area (Å²) in [6.07, 6.45) is 7.28. The SMILES string of the molecule is CCCC(CC(C)=NOCC=CCl)C1=C(O)CC(C2CCCOC2)CC1=O. The lowest BCUT2D eigenvalue weighted by Gasteiger charge is -2.34. The molecule has 152 valence electrons. The number of ketones is 1. The molecule has 0 bridgehead atoms. The van der Waals surface area contributed by atoms with Gasteiger partial charge in [-0.15, -0.1) is 0 Å². The third kappa shape index (κ3) is 6.65. The second-order valence-corrected chi connectivity index (χ2v) is 7.85. The number of aliphatic hydroxyl groups is 1. The Hall–Kier alpha value is -1.33. The average molecular weight is 398 g/mol. The average Bonchev–Trinajstić information content (AvgIpc) is 2.65. The highest BCUT2D eigenvalue weighted by Crippen LogP contribution is 2.38. The molecule has 5 nitrogen and oxygen atoms in total. The lowest BCUT2D eigenvalue weighted by Crippen LogP contribution is -2.32. The number of carbonyl (C=O) groups is 1. The molecular weight excluding hydrogens is 366 g/mol. The van der Waals surface area contributed by atoms with Crippen molar-refractivity contribution in [3.05, 3.63) is 22.9 Å². The number of halogens is 1. The number of aliphatic hydroxyl groups excluding tert-OH is 1. The molecule has 0 saturated carbocycles. The van der Waals surface area contributed by atoms with Crippen LogP contribution in [-0.2, 0) is 14.4 Å². The maximum Gasteiger partial charge on any atom is 0.162 e. The molecule has 27 heavy (non-hydrogen) atoms. The minimum Gasteiger partial charge on any atom is -0.512 e. The Labute approximate surface area is 167 Å². The van der Waals surface area contributed by atoms with E-state index in [2.05, 4.69) is 12.1 Å². The quantitative estimate of drug-likeness (QED) is 0.331. The van der Waals surface area contributed by atoms with Crippen molar-refractivity contribution in [2.24, 2.45) is 22.9 Å². The van der Waals surface area contributed by atoms with Gasteiger partial charge < -0.3 is 14.7 Å². The first-order valence-corrected chi connectivity index (χ1v) is 10.4. The van der Waals surface area contributed by atoms with Crippen LogP contribution in [0.2, 0.25) is 0 Å². The minimum atomic E-state index is -0.0121. The van der Waals surface area contributed by atoms with Gasteiger partial charge in [-0.05, 0) is 56.4 Å². The van der Waals surface area contributed by atoms with Gasteiger partial charge in [0.05, 0.1) is 11.5 Å². The standard InChI is InChI=1S/C21H32ClNO4/c1-3-6-16(11-15(2)23-27-10-5-8-22)21-19(24)12-18(13-20(21)25)17-7-4-9-26-14-17/h5,8,16-18,24H,3-4,6-7,9-14H2,1-2H3. The summed E-state index contributed by atoms with van der Waals surface area (Å²) < 4.78 is 5.57. The summed E-state index contributed by atoms with van der Waals surface area (Å²) >= 11 is 5.46. The van der Waals surface area contributed by atoms with E-state index in [1.54, 1.807) is 6.08 Å². The normalized spacial score (nSPS) is 25.9. The van der Waals surface area contributed by atoms with Crippen LogP contribution in [0.1, 0.15) is 58.8 Å². The fourth-order valence-corrected chi connectivity index (χ4v) is 4.26. The maximum atomic E-state index is 12.9. The third-order valence-corrected chi connectivity index (χ3v) is 5.62. The highest BCUT2D eigenvalue weighted by Gasteiger charge is 2.36. The highest BCUT2D eigenvalue weighted by atomic mass is 35.5. The summed E-state index contributed by atoms with van der Waals surface area (Å²) in [6, 6.07) is 0. The summed E-state index contributed by atoms with van der Waals surface area (Å²) in [4.78, 5) is 18.1. The minimum absolute atomic E-state index is 0.0121. The van der Waals surface area contributed by atoms with Crippen LogP contribution in [0, 0.1) is 17.8 Å². The van der Waals surface area contributed by atoms with Crippen LogP contribution in [0.25, 0.3) is 0 Å². The molecule has 2 rings (SSSR count). The van der Waals surface area contributed by atoms with E-state index >= 15 is 0 Å². The monoisotopic (exact) mass is 397 g/mol. The lowest BCUT2D eigenvalue weighted by atomic mass is 9.73. The molecule has 0 radical (unpaired) electrons. The first-order valence-electron chi connectivity index (χ1n) is 10.00. The zero-order valence-corrected chi connectivity index (χ0v) is 17.2. The van der Waals surface area contributed by atoms with Gasteiger partial charge in [0.15, 0.2) is 5.78 Å². The van der Waals surface area contributed by atoms with Crippen molar-refractivity contribution >= 4 is 23.1 Å². The molecule has 1 N–H and O–H groups in total. The topological polar surface area (TPSA) is 68.1 Å². The van der Waals surface area contributed by atoms with E-state index in [-0.39, 0.29) is 23.4 Å². The van der Waals surface area contributed by atoms with Crippen molar-refractivity contribution in [3.8, 4) is 0 Å². The first-order chi connectivity index (χ1) is 13.1. The van der Waals surface area contributed by atoms with Gasteiger partial charge >= 0.3 is 0 Å². The Balaban J connectivity index is 2.06. The zero-order valence-electron chi connectivity index (χ0n) is 16.5. The van der Waals surface area contributed by atoms with Gasteiger partial charge in [-0.3, -0.25) is 4.79 Å². The first kappa shape index (κ1) is 22.0. The van der Waals surface area contributed by atoms with Crippen molar-refractivity contribution < 1.29 is 19.5 Å². The fraction of sp³-hybridized carbons (Fsp3) is 0.714. The number of hydrogen-bond donors (Lipinski definition) is 1. The molecule has 3 unspecified atom stereocenters. The highest BCUT2D eigenvalue weighted by molar-refractivity contribution is 6.25. The fourth-order valence-electron chi connectivity index (χ4n) is 4.19. The van der Waals surface area contributed by atoms with Crippen molar-refractivity contribution in [3.63, 3.8) is 0 Å². The number of ether oxygens (including phenoxy) is 1. The van der Waals surface area contributed by atoms with Gasteiger partial charge in [-0.1, -0.05) is 30.1 Å². The van der Waals surface area contributed by atoms with Crippen LogP contribution >= 0.6 is 11.6 Å². The number of oxime groups is 1. The predicted octanol–water partition coefficient (Wildman–Crippen LogP) is 5.16. The molecule has 1 saturated heterocycles. The molecular formula is C21H32ClNO4. The van der Waals surface area contributed by atoms with Crippen LogP contribution in [0.15, 0.2) is 28.1 Å². The molecule has 1 aliphatic carbocycles. The predicted molar refractivity (Wildman–Crippen MR) is 108 cm³/mol. The molecule has 0 aromatic rings. The van der Waals surface area contributed by atoms with E-state index in [1.165, 1.54) is 5.54 Å². The van der Waals surface area contributed by atoms with E-state index in [1.807, 2.05) is 6.92 Å². The second-order valence-electron chi connectivity index (χ2n) is 7.60. The summed E-state index contributed by atoms with van der Waals surface area (Å²) in [6.45, 7) is 5.81. The van der Waals surface area contributed by atoms with Gasteiger partial charge in [-0.25, -0.2) is 0 Å². The van der Waals surface area contributed by atoms with Gasteiger partial charge in [0.25, 0.3) is 0 Å². The molecule has 3 atom stereocenters. The van der Waals surface area contributed by atoms with Crippen LogP contribution in [0.3, 0.4) is 0 Å². The third-order valence-electron chi connectivity index (χ3n) is 5.44. The van der Waals surface area contributed by atoms with Crippen molar-refractivity contribution in [2.45, 2.75) is 58.8 Å². The molecule has 0 aromatic heterocycles. The Morgan fingerprint density at radius 3 is 2.89 bits per heavy atom. The van der Waals surface area contributed by atoms with Gasteiger partial charge in [0, 0.05) is 37.2 Å². The second kappa shape index (κ2) is 11.5. The zero-order chi connectivity index (χ0) is 19.6. The van der Waals surface area contributed by atoms with E-state index in [0.29, 0.717) is 44.0 Å². The lowest BCUT2D eigenvalue weighted by molar-refractivity contribution is -0.119. The van der Waals surface area contributed by atoms with Gasteiger partial charge in [0.2, 0.25) is 0 Å². The summed E-state index contributed by atoms with van der Waals surface area (Å²) in [7, 11) is 0. The largest absolute Gasteiger partial charge is 0.512 e. The maximum absolute atomic E-state index is 12.9. The van der Waals surface area contributed by atoms with Gasteiger partial charge in [-0.2, -0.15) is 0 Å². The van der Waals surface area contributed by atoms with E-state index < -0.39 is 0 Å². The molecule has 0 spiro atoms. The van der Waals surface area contributed by atoms with E-state index in [4.69, 9.17) is 21.2 Å². The number of carbonyl (C=O) groups excluding carboxylic acids is 1. The molecule has 6 heteroatoms. The molecule has 1 fully saturated rings. The summed E-state index contributed by atoms with van der Waals surface area (Å²) in [5.74, 6) is 0.930. The molecule has 2 aliphatic rings. The summed E-state index contributed by atoms with van der Waals surface area (Å²) in [5, 5.41) is 14.8. The van der Waals surface area contributed by atoms with Crippen LogP contribution < -0.4 is 0 Å². The smallest absolute Gasteiger partial charge is 0.162 e. The Bertz CT molecular complexity index is 579. The van der Waals surface area contributed by atoms with Crippen molar-refractivity contribution in [2.75, 3.05) is 19.8 Å². The summed E-state index contributed by atoms with van der Waals surface area (Å²) in [5.41, 5.74) is 2.81. The number of rotatable bonds is 9. The van der Waals surface area contributed by atoms with Crippen LogP contribution in [-0.4, -0.2) is 36.4 Å². The molecule has 0 aromatic carbocycles. The van der Waals surface area contributed by atoms with Crippen LogP contribution in [0.5, 0.6) is 0 Å². The molecule has 1 aliphatic heterocycles. The van der Waals surface area contributed by atoms with Gasteiger partial charge in [0.1, 0.15) is 6.61 Å². The molecule has 0 amide bonds.